The van der Waals surface area contributed by atoms with E-state index in [9.17, 15) is 0 Å². The second-order valence-corrected chi connectivity index (χ2v) is 7.64. The van der Waals surface area contributed by atoms with Gasteiger partial charge < -0.3 is 9.47 Å². The van der Waals surface area contributed by atoms with Gasteiger partial charge in [0, 0.05) is 4.83 Å². The molecule has 2 unspecified atom stereocenters. The van der Waals surface area contributed by atoms with Gasteiger partial charge in [-0.15, -0.1) is 13.2 Å². The number of allylic oxidation sites excluding steroid dienone is 6. The molecule has 2 atom stereocenters. The standard InChI is InChI=1S/C21H27BrO2.C3H8.2C2H6.C2H4/c1-5-21(15-14-17(2)22)24-19(4)11-9-10-18(3)23-16-20-12-7-6-8-13-20;1-3-2;3*1-2/h5-15,17,19H,16H2,1-4H3;3H2,1-2H3;2*1-2H3;1-2H2/b11-9?,15-14-,18-10+,21-5+;;;;. The van der Waals surface area contributed by atoms with Crippen LogP contribution in [-0.4, -0.2) is 10.9 Å². The molecule has 1 aromatic rings. The van der Waals surface area contributed by atoms with Gasteiger partial charge in [-0.1, -0.05) is 106 Å². The van der Waals surface area contributed by atoms with E-state index in [1.54, 1.807) is 0 Å². The fraction of sp³-hybridized carbons (Fsp3) is 0.467. The molecule has 2 nitrogen and oxygen atoms in total. The number of ether oxygens (including phenoxy) is 2. The van der Waals surface area contributed by atoms with Crippen molar-refractivity contribution >= 4 is 15.9 Å². The Morgan fingerprint density at radius 3 is 1.97 bits per heavy atom. The molecule has 0 aromatic heterocycles. The van der Waals surface area contributed by atoms with Gasteiger partial charge in [-0.05, 0) is 57.6 Å². The molecule has 0 radical (unpaired) electrons. The second kappa shape index (κ2) is 32.2. The van der Waals surface area contributed by atoms with E-state index in [0.29, 0.717) is 11.4 Å². The van der Waals surface area contributed by atoms with E-state index in [-0.39, 0.29) is 6.10 Å². The highest BCUT2D eigenvalue weighted by atomic mass is 79.9. The monoisotopic (exact) mass is 522 g/mol. The summed E-state index contributed by atoms with van der Waals surface area (Å²) in [6, 6.07) is 10.1. The molecule has 33 heavy (non-hydrogen) atoms. The van der Waals surface area contributed by atoms with E-state index in [2.05, 4.69) is 62.0 Å². The molecule has 0 fully saturated rings. The van der Waals surface area contributed by atoms with E-state index in [1.807, 2.05) is 103 Å². The van der Waals surface area contributed by atoms with Gasteiger partial charge in [-0.25, -0.2) is 0 Å². The molecule has 0 saturated carbocycles. The van der Waals surface area contributed by atoms with Gasteiger partial charge in [0.05, 0.1) is 5.76 Å². The predicted molar refractivity (Wildman–Crippen MR) is 156 cm³/mol. The molecule has 1 aromatic carbocycles. The minimum absolute atomic E-state index is 0.00958. The minimum Gasteiger partial charge on any atom is -0.494 e. The molecule has 0 amide bonds. The van der Waals surface area contributed by atoms with Crippen LogP contribution in [0, 0.1) is 0 Å². The number of hydrogen-bond acceptors (Lipinski definition) is 2. The van der Waals surface area contributed by atoms with E-state index >= 15 is 0 Å². The fourth-order valence-electron chi connectivity index (χ4n) is 1.85. The summed E-state index contributed by atoms with van der Waals surface area (Å²) in [6.45, 7) is 26.8. The molecule has 0 spiro atoms. The Morgan fingerprint density at radius 2 is 1.52 bits per heavy atom. The van der Waals surface area contributed by atoms with Gasteiger partial charge in [-0.3, -0.25) is 0 Å². The van der Waals surface area contributed by atoms with Crippen molar-refractivity contribution in [1.82, 2.24) is 0 Å². The Kier molecular flexibility index (Phi) is 37.3. The SMILES string of the molecule is C/C=C(\C=C/C(C)Br)OC(C)C=C/C=C(\C)OCc1ccccc1.C=C.CC.CC.CCC. The van der Waals surface area contributed by atoms with Crippen molar-refractivity contribution in [3.63, 3.8) is 0 Å². The molecule has 0 bridgehead atoms. The molecule has 0 saturated heterocycles. The normalized spacial score (nSPS) is 12.5. The van der Waals surface area contributed by atoms with Crippen molar-refractivity contribution in [3.8, 4) is 0 Å². The first-order chi connectivity index (χ1) is 15.9. The maximum atomic E-state index is 5.86. The van der Waals surface area contributed by atoms with Crippen LogP contribution in [-0.2, 0) is 16.1 Å². The van der Waals surface area contributed by atoms with E-state index in [1.165, 1.54) is 6.42 Å². The number of rotatable bonds is 9. The summed E-state index contributed by atoms with van der Waals surface area (Å²) in [6.07, 6.45) is 13.2. The summed E-state index contributed by atoms with van der Waals surface area (Å²) in [4.78, 5) is 0.328. The van der Waals surface area contributed by atoms with Crippen molar-refractivity contribution < 1.29 is 9.47 Å². The van der Waals surface area contributed by atoms with Gasteiger partial charge in [0.25, 0.3) is 0 Å². The van der Waals surface area contributed by atoms with Crippen LogP contribution in [0.5, 0.6) is 0 Å². The molecule has 3 heteroatoms. The average Bonchev–Trinajstić information content (AvgIpc) is 2.85. The average molecular weight is 524 g/mol. The van der Waals surface area contributed by atoms with Crippen LogP contribution >= 0.6 is 15.9 Å². The molecular weight excluding hydrogens is 472 g/mol. The van der Waals surface area contributed by atoms with Crippen molar-refractivity contribution in [3.05, 3.63) is 97.0 Å². The van der Waals surface area contributed by atoms with Gasteiger partial charge in [0.1, 0.15) is 18.5 Å². The lowest BCUT2D eigenvalue weighted by atomic mass is 10.2. The molecule has 190 valence electrons. The van der Waals surface area contributed by atoms with Gasteiger partial charge in [-0.2, -0.15) is 0 Å². The zero-order valence-corrected chi connectivity index (χ0v) is 24.6. The van der Waals surface area contributed by atoms with Gasteiger partial charge >= 0.3 is 0 Å². The molecular formula is C30H51BrO2. The van der Waals surface area contributed by atoms with E-state index in [0.717, 1.165) is 17.1 Å². The van der Waals surface area contributed by atoms with Crippen molar-refractivity contribution in [2.24, 2.45) is 0 Å². The highest BCUT2D eigenvalue weighted by molar-refractivity contribution is 9.09. The summed E-state index contributed by atoms with van der Waals surface area (Å²) in [5, 5.41) is 0. The number of benzene rings is 1. The maximum Gasteiger partial charge on any atom is 0.115 e. The highest BCUT2D eigenvalue weighted by Gasteiger charge is 1.99. The first-order valence-electron chi connectivity index (χ1n) is 12.1. The van der Waals surface area contributed by atoms with Crippen LogP contribution in [0.3, 0.4) is 0 Å². The summed E-state index contributed by atoms with van der Waals surface area (Å²) in [5.74, 6) is 1.74. The lowest BCUT2D eigenvalue weighted by molar-refractivity contribution is 0.180. The Bertz CT molecular complexity index is 613. The topological polar surface area (TPSA) is 18.5 Å². The molecule has 0 aliphatic carbocycles. The zero-order chi connectivity index (χ0) is 26.5. The second-order valence-electron chi connectivity index (χ2n) is 6.19. The number of halogens is 1. The van der Waals surface area contributed by atoms with Crippen LogP contribution in [0.25, 0.3) is 0 Å². The van der Waals surface area contributed by atoms with Crippen LogP contribution in [0.15, 0.2) is 91.5 Å². The molecule has 0 N–H and O–H groups in total. The third-order valence-electron chi connectivity index (χ3n) is 3.15. The van der Waals surface area contributed by atoms with Crippen molar-refractivity contribution in [2.45, 2.75) is 93.2 Å². The smallest absolute Gasteiger partial charge is 0.115 e. The van der Waals surface area contributed by atoms with Gasteiger partial charge in [0.15, 0.2) is 0 Å². The maximum absolute atomic E-state index is 5.86. The number of hydrogen-bond donors (Lipinski definition) is 0. The lowest BCUT2D eigenvalue weighted by Gasteiger charge is -2.11. The van der Waals surface area contributed by atoms with E-state index < -0.39 is 0 Å². The van der Waals surface area contributed by atoms with Gasteiger partial charge in [0.2, 0.25) is 0 Å². The molecule has 0 heterocycles. The first kappa shape index (κ1) is 38.3. The summed E-state index contributed by atoms with van der Waals surface area (Å²) in [7, 11) is 0. The Labute approximate surface area is 215 Å². The van der Waals surface area contributed by atoms with Crippen LogP contribution in [0.1, 0.15) is 81.2 Å². The predicted octanol–water partition coefficient (Wildman–Crippen LogP) is 10.6. The zero-order valence-electron chi connectivity index (χ0n) is 23.0. The largest absolute Gasteiger partial charge is 0.494 e. The Hall–Kier alpha value is -2.00. The van der Waals surface area contributed by atoms with Crippen LogP contribution < -0.4 is 0 Å². The third-order valence-corrected chi connectivity index (χ3v) is 3.46. The fourth-order valence-corrected chi connectivity index (χ4v) is 2.00. The summed E-state index contributed by atoms with van der Waals surface area (Å²) in [5.41, 5.74) is 1.16. The molecule has 1 rings (SSSR count). The molecule has 0 aliphatic rings. The number of alkyl halides is 1. The van der Waals surface area contributed by atoms with Crippen molar-refractivity contribution in [2.75, 3.05) is 0 Å². The van der Waals surface area contributed by atoms with E-state index in [4.69, 9.17) is 9.47 Å². The lowest BCUT2D eigenvalue weighted by Crippen LogP contribution is -2.03. The molecule has 0 aliphatic heterocycles. The first-order valence-corrected chi connectivity index (χ1v) is 13.0. The minimum atomic E-state index is -0.00958. The summed E-state index contributed by atoms with van der Waals surface area (Å²) < 4.78 is 11.6. The third kappa shape index (κ3) is 30.0. The van der Waals surface area contributed by atoms with Crippen molar-refractivity contribution in [1.29, 1.82) is 0 Å². The van der Waals surface area contributed by atoms with Crippen LogP contribution in [0.4, 0.5) is 0 Å². The summed E-state index contributed by atoms with van der Waals surface area (Å²) >= 11 is 3.48. The quantitative estimate of drug-likeness (QED) is 0.139. The Balaban J connectivity index is -0.000000410. The highest BCUT2D eigenvalue weighted by Crippen LogP contribution is 2.09. The Morgan fingerprint density at radius 1 is 1.00 bits per heavy atom. The van der Waals surface area contributed by atoms with Crippen LogP contribution in [0.2, 0.25) is 0 Å².